The monoisotopic (exact) mass is 432 g/mol. The number of aliphatic hydroxyl groups excluding tert-OH is 1. The highest BCUT2D eigenvalue weighted by Gasteiger charge is 2.12. The highest BCUT2D eigenvalue weighted by Crippen LogP contribution is 2.23. The predicted molar refractivity (Wildman–Crippen MR) is 111 cm³/mol. The van der Waals surface area contributed by atoms with Gasteiger partial charge in [0.05, 0.1) is 16.8 Å². The van der Waals surface area contributed by atoms with Crippen molar-refractivity contribution in [3.8, 4) is 0 Å². The van der Waals surface area contributed by atoms with E-state index in [1.807, 2.05) is 31.3 Å². The summed E-state index contributed by atoms with van der Waals surface area (Å²) in [4.78, 5) is 8.81. The number of hydrogen-bond donors (Lipinski definition) is 3. The molecule has 3 aromatic rings. The quantitative estimate of drug-likeness (QED) is 0.475. The van der Waals surface area contributed by atoms with Crippen molar-refractivity contribution in [1.82, 2.24) is 19.6 Å². The summed E-state index contributed by atoms with van der Waals surface area (Å²) in [6, 6.07) is 6.10. The Bertz CT molecular complexity index is 869. The fourth-order valence-electron chi connectivity index (χ4n) is 2.80. The summed E-state index contributed by atoms with van der Waals surface area (Å²) < 4.78 is 2.61. The van der Waals surface area contributed by atoms with E-state index in [9.17, 15) is 5.11 Å². The molecule has 27 heavy (non-hydrogen) atoms. The Morgan fingerprint density at radius 3 is 2.89 bits per heavy atom. The van der Waals surface area contributed by atoms with Crippen LogP contribution >= 0.6 is 15.9 Å². The van der Waals surface area contributed by atoms with E-state index >= 15 is 0 Å². The number of hydrogen-bond acceptors (Lipinski definition) is 6. The second-order valence-corrected chi connectivity index (χ2v) is 7.51. The summed E-state index contributed by atoms with van der Waals surface area (Å²) in [6.45, 7) is 4.74. The average Bonchev–Trinajstić information content (AvgIpc) is 3.06. The Labute approximate surface area is 167 Å². The molecule has 2 atom stereocenters. The molecule has 0 fully saturated rings. The molecule has 0 bridgehead atoms. The molecule has 0 aliphatic carbocycles. The van der Waals surface area contributed by atoms with Crippen molar-refractivity contribution in [2.45, 2.75) is 51.8 Å². The molecule has 3 rings (SSSR count). The third-order valence-corrected chi connectivity index (χ3v) is 4.98. The summed E-state index contributed by atoms with van der Waals surface area (Å²) in [5.41, 5.74) is 1.83. The van der Waals surface area contributed by atoms with Crippen molar-refractivity contribution in [2.75, 3.05) is 10.6 Å². The van der Waals surface area contributed by atoms with Gasteiger partial charge in [-0.25, -0.2) is 4.98 Å². The molecule has 0 radical (unpaired) electrons. The molecule has 0 unspecified atom stereocenters. The van der Waals surface area contributed by atoms with Crippen LogP contribution in [-0.4, -0.2) is 36.8 Å². The molecular weight excluding hydrogens is 408 g/mol. The number of fused-ring (bicyclic) bond motifs is 1. The normalized spacial score (nSPS) is 13.5. The molecule has 0 amide bonds. The lowest BCUT2D eigenvalue weighted by Crippen LogP contribution is -2.19. The lowest BCUT2D eigenvalue weighted by molar-refractivity contribution is 0.156. The van der Waals surface area contributed by atoms with E-state index in [4.69, 9.17) is 0 Å². The van der Waals surface area contributed by atoms with Gasteiger partial charge in [-0.1, -0.05) is 13.0 Å². The van der Waals surface area contributed by atoms with Crippen LogP contribution in [0.4, 0.5) is 11.6 Å². The summed E-state index contributed by atoms with van der Waals surface area (Å²) >= 11 is 3.51. The van der Waals surface area contributed by atoms with E-state index < -0.39 is 0 Å². The number of anilines is 2. The first-order valence-electron chi connectivity index (χ1n) is 9.18. The molecule has 3 N–H and O–H groups in total. The van der Waals surface area contributed by atoms with Crippen LogP contribution in [0, 0.1) is 0 Å². The van der Waals surface area contributed by atoms with E-state index in [-0.39, 0.29) is 12.1 Å². The Balaban J connectivity index is 1.76. The van der Waals surface area contributed by atoms with Gasteiger partial charge in [0.1, 0.15) is 11.6 Å². The van der Waals surface area contributed by atoms with Crippen LogP contribution in [0.5, 0.6) is 0 Å². The molecule has 0 aromatic carbocycles. The lowest BCUT2D eigenvalue weighted by Gasteiger charge is -2.17. The number of halogens is 1. The van der Waals surface area contributed by atoms with Crippen LogP contribution in [0.2, 0.25) is 0 Å². The van der Waals surface area contributed by atoms with Gasteiger partial charge in [-0.05, 0) is 53.7 Å². The zero-order chi connectivity index (χ0) is 19.2. The van der Waals surface area contributed by atoms with Gasteiger partial charge in [-0.3, -0.25) is 4.98 Å². The van der Waals surface area contributed by atoms with Crippen LogP contribution in [0.15, 0.2) is 41.3 Å². The molecule has 0 aliphatic heterocycles. The third kappa shape index (κ3) is 5.17. The molecule has 0 spiro atoms. The molecular formula is C19H25BrN6O. The highest BCUT2D eigenvalue weighted by molar-refractivity contribution is 9.10. The minimum absolute atomic E-state index is 0.203. The first-order chi connectivity index (χ1) is 13.1. The highest BCUT2D eigenvalue weighted by atomic mass is 79.9. The van der Waals surface area contributed by atoms with Crippen molar-refractivity contribution in [2.24, 2.45) is 0 Å². The molecule has 3 aromatic heterocycles. The molecule has 144 valence electrons. The summed E-state index contributed by atoms with van der Waals surface area (Å²) in [7, 11) is 0. The van der Waals surface area contributed by atoms with Gasteiger partial charge < -0.3 is 15.7 Å². The number of aromatic nitrogens is 4. The second-order valence-electron chi connectivity index (χ2n) is 6.65. The minimum Gasteiger partial charge on any atom is -0.393 e. The Morgan fingerprint density at radius 2 is 2.15 bits per heavy atom. The number of pyridine rings is 1. The maximum Gasteiger partial charge on any atom is 0.173 e. The van der Waals surface area contributed by atoms with Gasteiger partial charge >= 0.3 is 0 Å². The number of aliphatic hydroxyl groups is 1. The Morgan fingerprint density at radius 1 is 1.30 bits per heavy atom. The largest absolute Gasteiger partial charge is 0.393 e. The van der Waals surface area contributed by atoms with Crippen LogP contribution in [0.25, 0.3) is 5.65 Å². The standard InChI is InChI=1S/C19H25BrN6O/c1-3-15(27)7-6-13(2)24-17-9-18(22-11-14-5-4-8-21-10-14)26-19(25-17)16(20)12-23-26/h4-5,8-10,12-13,15,22,27H,3,6-7,11H2,1-2H3,(H,24,25)/t13-,15-/m1/s1. The number of nitrogens with zero attached hydrogens (tertiary/aromatic N) is 4. The van der Waals surface area contributed by atoms with Gasteiger partial charge in [0.25, 0.3) is 0 Å². The smallest absolute Gasteiger partial charge is 0.173 e. The van der Waals surface area contributed by atoms with E-state index in [1.54, 1.807) is 16.9 Å². The van der Waals surface area contributed by atoms with Gasteiger partial charge in [-0.15, -0.1) is 0 Å². The van der Waals surface area contributed by atoms with Gasteiger partial charge in [0.2, 0.25) is 0 Å². The van der Waals surface area contributed by atoms with Crippen molar-refractivity contribution < 1.29 is 5.11 Å². The van der Waals surface area contributed by atoms with E-state index in [2.05, 4.69) is 48.6 Å². The summed E-state index contributed by atoms with van der Waals surface area (Å²) in [6.07, 6.45) is 7.52. The van der Waals surface area contributed by atoms with Gasteiger partial charge in [0.15, 0.2) is 5.65 Å². The lowest BCUT2D eigenvalue weighted by atomic mass is 10.1. The maximum absolute atomic E-state index is 9.77. The van der Waals surface area contributed by atoms with E-state index in [1.165, 1.54) is 0 Å². The molecule has 0 saturated carbocycles. The fourth-order valence-corrected chi connectivity index (χ4v) is 3.15. The fraction of sp³-hybridized carbons (Fsp3) is 0.421. The molecule has 3 heterocycles. The van der Waals surface area contributed by atoms with Crippen molar-refractivity contribution in [3.63, 3.8) is 0 Å². The SMILES string of the molecule is CC[C@@H](O)CC[C@@H](C)Nc1cc(NCc2cccnc2)n2ncc(Br)c2n1. The Kier molecular flexibility index (Phi) is 6.63. The van der Waals surface area contributed by atoms with Gasteiger partial charge in [0, 0.05) is 31.0 Å². The van der Waals surface area contributed by atoms with E-state index in [0.29, 0.717) is 6.54 Å². The van der Waals surface area contributed by atoms with Crippen LogP contribution < -0.4 is 10.6 Å². The summed E-state index contributed by atoms with van der Waals surface area (Å²) in [5.74, 6) is 1.62. The molecule has 8 heteroatoms. The zero-order valence-corrected chi connectivity index (χ0v) is 17.1. The van der Waals surface area contributed by atoms with Crippen LogP contribution in [0.1, 0.15) is 38.7 Å². The second kappa shape index (κ2) is 9.14. The first kappa shape index (κ1) is 19.6. The van der Waals surface area contributed by atoms with Crippen molar-refractivity contribution >= 4 is 33.2 Å². The number of nitrogens with one attached hydrogen (secondary N) is 2. The van der Waals surface area contributed by atoms with E-state index in [0.717, 1.165) is 46.6 Å². The minimum atomic E-state index is -0.245. The Hall–Kier alpha value is -2.19. The molecule has 0 saturated heterocycles. The average molecular weight is 433 g/mol. The molecule has 7 nitrogen and oxygen atoms in total. The van der Waals surface area contributed by atoms with Gasteiger partial charge in [-0.2, -0.15) is 9.61 Å². The zero-order valence-electron chi connectivity index (χ0n) is 15.6. The third-order valence-electron chi connectivity index (χ3n) is 4.42. The first-order valence-corrected chi connectivity index (χ1v) is 9.97. The predicted octanol–water partition coefficient (Wildman–Crippen LogP) is 3.85. The topological polar surface area (TPSA) is 87.4 Å². The maximum atomic E-state index is 9.77. The van der Waals surface area contributed by atoms with Crippen molar-refractivity contribution in [1.29, 1.82) is 0 Å². The molecule has 0 aliphatic rings. The van der Waals surface area contributed by atoms with Crippen LogP contribution in [-0.2, 0) is 6.54 Å². The van der Waals surface area contributed by atoms with Crippen molar-refractivity contribution in [3.05, 3.63) is 46.8 Å². The summed E-state index contributed by atoms with van der Waals surface area (Å²) in [5, 5.41) is 21.0. The van der Waals surface area contributed by atoms with Crippen LogP contribution in [0.3, 0.4) is 0 Å². The number of rotatable bonds is 9.